The van der Waals surface area contributed by atoms with E-state index >= 15 is 0 Å². The van der Waals surface area contributed by atoms with Gasteiger partial charge in [-0.05, 0) is 30.2 Å². The van der Waals surface area contributed by atoms with Crippen molar-refractivity contribution in [3.8, 4) is 5.75 Å². The largest absolute Gasteiger partial charge is 0.573 e. The van der Waals surface area contributed by atoms with Gasteiger partial charge in [-0.1, -0.05) is 11.2 Å². The van der Waals surface area contributed by atoms with E-state index in [0.29, 0.717) is 0 Å². The fraction of sp³-hybridized carbons (Fsp3) is 0.391. The van der Waals surface area contributed by atoms with E-state index in [2.05, 4.69) is 25.0 Å². The van der Waals surface area contributed by atoms with Crippen LogP contribution < -0.4 is 15.4 Å². The molecule has 3 rings (SSSR count). The number of carbonyl (C=O) groups is 2. The lowest BCUT2D eigenvalue weighted by Crippen LogP contribution is -2.43. The first kappa shape index (κ1) is 32.3. The van der Waals surface area contributed by atoms with Gasteiger partial charge in [0.25, 0.3) is 17.9 Å². The van der Waals surface area contributed by atoms with Crippen molar-refractivity contribution >= 4 is 17.5 Å². The quantitative estimate of drug-likeness (QED) is 0.394. The zero-order chi connectivity index (χ0) is 31.7. The summed E-state index contributed by atoms with van der Waals surface area (Å²) in [5, 5.41) is 6.97. The Kier molecular flexibility index (Phi) is 8.92. The summed E-state index contributed by atoms with van der Waals surface area (Å²) in [7, 11) is 0. The van der Waals surface area contributed by atoms with Crippen molar-refractivity contribution in [1.29, 1.82) is 0 Å². The maximum atomic E-state index is 14.3. The van der Waals surface area contributed by atoms with Crippen molar-refractivity contribution in [2.45, 2.75) is 44.1 Å². The van der Waals surface area contributed by atoms with Gasteiger partial charge in [0, 0.05) is 17.7 Å². The van der Waals surface area contributed by atoms with Gasteiger partial charge >= 0.3 is 18.7 Å². The van der Waals surface area contributed by atoms with Gasteiger partial charge in [0.05, 0.1) is 18.7 Å². The van der Waals surface area contributed by atoms with E-state index in [1.54, 1.807) is 0 Å². The summed E-state index contributed by atoms with van der Waals surface area (Å²) in [6, 6.07) is 3.62. The third-order valence-corrected chi connectivity index (χ3v) is 5.58. The number of rotatable bonds is 8. The maximum absolute atomic E-state index is 14.3. The van der Waals surface area contributed by atoms with E-state index in [4.69, 9.17) is 0 Å². The van der Waals surface area contributed by atoms with Crippen LogP contribution in [0.15, 0.2) is 35.5 Å². The number of hydrogen-bond donors (Lipinski definition) is 2. The second-order valence-electron chi connectivity index (χ2n) is 8.70. The highest BCUT2D eigenvalue weighted by atomic mass is 19.4. The first-order valence-corrected chi connectivity index (χ1v) is 11.3. The molecule has 0 saturated carbocycles. The summed E-state index contributed by atoms with van der Waals surface area (Å²) in [5.74, 6) is -3.47. The van der Waals surface area contributed by atoms with Crippen LogP contribution in [0.3, 0.4) is 0 Å². The predicted molar refractivity (Wildman–Crippen MR) is 118 cm³/mol. The van der Waals surface area contributed by atoms with Crippen LogP contribution in [0.4, 0.5) is 48.3 Å². The normalized spacial score (nSPS) is 17.5. The number of oxime groups is 1. The van der Waals surface area contributed by atoms with Crippen molar-refractivity contribution in [3.05, 3.63) is 58.4 Å². The molecule has 1 aromatic heterocycles. The van der Waals surface area contributed by atoms with Gasteiger partial charge in [-0.3, -0.25) is 9.59 Å². The number of alkyl halides is 11. The summed E-state index contributed by atoms with van der Waals surface area (Å²) in [4.78, 5) is 31.6. The van der Waals surface area contributed by atoms with Crippen LogP contribution in [0.1, 0.15) is 45.7 Å². The lowest BCUT2D eigenvalue weighted by Gasteiger charge is -2.29. The van der Waals surface area contributed by atoms with Gasteiger partial charge in [0.1, 0.15) is 23.7 Å². The molecule has 2 N–H and O–H groups in total. The number of aromatic nitrogens is 1. The molecule has 2 aromatic rings. The van der Waals surface area contributed by atoms with E-state index in [9.17, 15) is 57.9 Å². The fourth-order valence-corrected chi connectivity index (χ4v) is 3.67. The molecule has 0 unspecified atom stereocenters. The Balaban J connectivity index is 1.85. The minimum absolute atomic E-state index is 0.0742. The van der Waals surface area contributed by atoms with Crippen molar-refractivity contribution < 1.29 is 67.5 Å². The third-order valence-electron chi connectivity index (χ3n) is 5.58. The number of pyridine rings is 1. The zero-order valence-electron chi connectivity index (χ0n) is 20.8. The first-order chi connectivity index (χ1) is 19.2. The molecule has 0 fully saturated rings. The molecule has 0 radical (unpaired) electrons. The Morgan fingerprint density at radius 2 is 1.69 bits per heavy atom. The van der Waals surface area contributed by atoms with Gasteiger partial charge < -0.3 is 20.2 Å². The van der Waals surface area contributed by atoms with Gasteiger partial charge in [-0.15, -0.1) is 13.2 Å². The molecule has 1 aliphatic heterocycles. The number of amides is 2. The molecule has 230 valence electrons. The van der Waals surface area contributed by atoms with E-state index in [-0.39, 0.29) is 28.8 Å². The molecule has 42 heavy (non-hydrogen) atoms. The van der Waals surface area contributed by atoms with E-state index < -0.39 is 84.9 Å². The Morgan fingerprint density at radius 3 is 2.24 bits per heavy atom. The van der Waals surface area contributed by atoms with Crippen molar-refractivity contribution in [1.82, 2.24) is 15.6 Å². The summed E-state index contributed by atoms with van der Waals surface area (Å²) in [6.07, 6.45) is -20.4. The number of ether oxygens (including phenoxy) is 1. The molecule has 2 heterocycles. The lowest BCUT2D eigenvalue weighted by atomic mass is 9.89. The number of halogens is 11. The number of carbonyl (C=O) groups excluding carboxylic acids is 2. The molecule has 0 bridgehead atoms. The molecular weight excluding hydrogens is 605 g/mol. The Hall–Kier alpha value is -4.19. The van der Waals surface area contributed by atoms with E-state index in [1.165, 1.54) is 12.2 Å². The summed E-state index contributed by atoms with van der Waals surface area (Å²) >= 11 is 0. The molecular formula is C23H17F11N4O4. The van der Waals surface area contributed by atoms with Crippen molar-refractivity contribution in [3.63, 3.8) is 0 Å². The number of hydrogen-bond acceptors (Lipinski definition) is 6. The Morgan fingerprint density at radius 1 is 1.02 bits per heavy atom. The molecule has 0 aliphatic carbocycles. The molecule has 1 atom stereocenters. The van der Waals surface area contributed by atoms with Gasteiger partial charge in [0.2, 0.25) is 5.91 Å². The molecule has 0 saturated heterocycles. The molecule has 0 spiro atoms. The number of nitrogens with one attached hydrogen (secondary N) is 2. The smallest absolute Gasteiger partial charge is 0.406 e. The Bertz CT molecular complexity index is 1370. The molecule has 19 heteroatoms. The van der Waals surface area contributed by atoms with Crippen molar-refractivity contribution in [2.24, 2.45) is 5.16 Å². The topological polar surface area (TPSA) is 102 Å². The standard InChI is InChI=1S/C23H17F11N4O4/c1-10-4-11(2-3-13(10)19(40)35-8-17(39)36-9-21(26,27)28)15-7-20(42-38-15,22(29,30)31)16-6-12(41-23(32,33)34)5-14(37-16)18(24)25/h2-6,18H,7-9H2,1H3,(H,35,40)(H,36,39)/t20-/m0/s1. The van der Waals surface area contributed by atoms with Crippen LogP contribution in [0.2, 0.25) is 0 Å². The minimum atomic E-state index is -5.44. The molecule has 1 aromatic carbocycles. The summed E-state index contributed by atoms with van der Waals surface area (Å²) in [5.41, 5.74) is -6.97. The van der Waals surface area contributed by atoms with Crippen LogP contribution in [0, 0.1) is 6.92 Å². The third kappa shape index (κ3) is 7.75. The fourth-order valence-electron chi connectivity index (χ4n) is 3.67. The Labute approximate surface area is 227 Å². The minimum Gasteiger partial charge on any atom is -0.406 e. The number of nitrogens with zero attached hydrogens (tertiary/aromatic N) is 2. The van der Waals surface area contributed by atoms with E-state index in [1.807, 2.05) is 0 Å². The second kappa shape index (κ2) is 11.6. The average molecular weight is 622 g/mol. The monoisotopic (exact) mass is 622 g/mol. The lowest BCUT2D eigenvalue weighted by molar-refractivity contribution is -0.279. The highest BCUT2D eigenvalue weighted by molar-refractivity contribution is 6.04. The van der Waals surface area contributed by atoms with Gasteiger partial charge in [-0.25, -0.2) is 13.8 Å². The number of aryl methyl sites for hydroxylation is 1. The summed E-state index contributed by atoms with van der Waals surface area (Å²) in [6.45, 7) is -1.13. The average Bonchev–Trinajstić information content (AvgIpc) is 3.31. The summed E-state index contributed by atoms with van der Waals surface area (Å²) < 4.78 is 148. The van der Waals surface area contributed by atoms with Gasteiger partial charge in [0.15, 0.2) is 0 Å². The van der Waals surface area contributed by atoms with Crippen LogP contribution in [0.25, 0.3) is 0 Å². The first-order valence-electron chi connectivity index (χ1n) is 11.3. The van der Waals surface area contributed by atoms with Crippen LogP contribution >= 0.6 is 0 Å². The zero-order valence-corrected chi connectivity index (χ0v) is 20.8. The highest BCUT2D eigenvalue weighted by Gasteiger charge is 2.63. The van der Waals surface area contributed by atoms with Gasteiger partial charge in [-0.2, -0.15) is 26.3 Å². The number of benzene rings is 1. The van der Waals surface area contributed by atoms with Crippen molar-refractivity contribution in [2.75, 3.05) is 13.1 Å². The van der Waals surface area contributed by atoms with Crippen LogP contribution in [-0.2, 0) is 15.2 Å². The van der Waals surface area contributed by atoms with Crippen LogP contribution in [0.5, 0.6) is 5.75 Å². The SMILES string of the molecule is Cc1cc(C2=NO[C@@](c3cc(OC(F)(F)F)cc(C(F)F)n3)(C(F)(F)F)C2)ccc1C(=O)NCC(=O)NCC(F)(F)F. The maximum Gasteiger partial charge on any atom is 0.573 e. The molecule has 8 nitrogen and oxygen atoms in total. The highest BCUT2D eigenvalue weighted by Crippen LogP contribution is 2.49. The predicted octanol–water partition coefficient (Wildman–Crippen LogP) is 5.22. The molecule has 1 aliphatic rings. The van der Waals surface area contributed by atoms with E-state index in [0.717, 1.165) is 18.2 Å². The van der Waals surface area contributed by atoms with Crippen LogP contribution in [-0.4, -0.2) is 54.3 Å². The second-order valence-corrected chi connectivity index (χ2v) is 8.70. The molecule has 2 amide bonds.